The average Bonchev–Trinajstić information content (AvgIpc) is 3.64. The number of aromatic nitrogens is 4. The molecule has 1 saturated heterocycles. The van der Waals surface area contributed by atoms with E-state index in [-0.39, 0.29) is 18.3 Å². The first-order valence-corrected chi connectivity index (χ1v) is 12.4. The molecular weight excluding hydrogens is 477 g/mol. The van der Waals surface area contributed by atoms with E-state index in [4.69, 9.17) is 11.6 Å². The molecule has 10 heteroatoms. The quantitative estimate of drug-likeness (QED) is 0.480. The Morgan fingerprint density at radius 3 is 2.51 bits per heavy atom. The van der Waals surface area contributed by atoms with Gasteiger partial charge in [-0.1, -0.05) is 11.6 Å². The van der Waals surface area contributed by atoms with Gasteiger partial charge in [0.1, 0.15) is 17.5 Å². The van der Waals surface area contributed by atoms with Gasteiger partial charge in [-0.3, -0.25) is 9.47 Å². The molecule has 35 heavy (non-hydrogen) atoms. The molecule has 6 nitrogen and oxygen atoms in total. The van der Waals surface area contributed by atoms with E-state index in [2.05, 4.69) is 24.6 Å². The van der Waals surface area contributed by atoms with Gasteiger partial charge in [-0.15, -0.1) is 10.2 Å². The molecule has 0 radical (unpaired) electrons. The first kappa shape index (κ1) is 22.8. The maximum absolute atomic E-state index is 14.7. The van der Waals surface area contributed by atoms with Crippen molar-refractivity contribution in [2.45, 2.75) is 50.6 Å². The molecule has 3 aliphatic rings. The van der Waals surface area contributed by atoms with Crippen LogP contribution in [0.4, 0.5) is 19.0 Å². The summed E-state index contributed by atoms with van der Waals surface area (Å²) in [5.74, 6) is -1.12. The van der Waals surface area contributed by atoms with Gasteiger partial charge in [-0.05, 0) is 61.6 Å². The minimum atomic E-state index is -2.71. The molecule has 1 aliphatic carbocycles. The highest BCUT2D eigenvalue weighted by molar-refractivity contribution is 6.30. The van der Waals surface area contributed by atoms with E-state index < -0.39 is 11.8 Å². The van der Waals surface area contributed by atoms with Gasteiger partial charge >= 0.3 is 0 Å². The van der Waals surface area contributed by atoms with Crippen molar-refractivity contribution in [3.8, 4) is 5.69 Å². The highest BCUT2D eigenvalue weighted by Gasteiger charge is 2.48. The summed E-state index contributed by atoms with van der Waals surface area (Å²) >= 11 is 6.30. The maximum Gasteiger partial charge on any atom is 0.263 e. The number of fused-ring (bicyclic) bond motifs is 3. The summed E-state index contributed by atoms with van der Waals surface area (Å²) in [6, 6.07) is 8.75. The van der Waals surface area contributed by atoms with Crippen LogP contribution in [0, 0.1) is 11.7 Å². The first-order valence-electron chi connectivity index (χ1n) is 12.1. The number of alkyl halides is 2. The van der Waals surface area contributed by atoms with Crippen molar-refractivity contribution in [3.63, 3.8) is 0 Å². The molecule has 3 aromatic rings. The monoisotopic (exact) mass is 502 g/mol. The van der Waals surface area contributed by atoms with E-state index in [1.165, 1.54) is 12.3 Å². The summed E-state index contributed by atoms with van der Waals surface area (Å²) in [5, 5.41) is 9.60. The molecule has 0 amide bonds. The molecule has 4 heterocycles. The summed E-state index contributed by atoms with van der Waals surface area (Å²) in [6.45, 7) is 1.92. The SMILES string of the molecule is Fc1ccc(N2CCC(c3nnc4n3-c3ccc(Cl)cc3CN(CC(F)(F)C3CC3)C4)CC2)nc1. The smallest absolute Gasteiger partial charge is 0.263 e. The van der Waals surface area contributed by atoms with Gasteiger partial charge in [-0.25, -0.2) is 18.2 Å². The number of rotatable bonds is 5. The van der Waals surface area contributed by atoms with E-state index in [0.717, 1.165) is 48.8 Å². The molecular formula is C25H26ClF3N6. The van der Waals surface area contributed by atoms with Crippen LogP contribution in [0.25, 0.3) is 5.69 Å². The second kappa shape index (κ2) is 8.78. The van der Waals surface area contributed by atoms with Gasteiger partial charge < -0.3 is 4.90 Å². The molecule has 184 valence electrons. The highest BCUT2D eigenvalue weighted by atomic mass is 35.5. The molecule has 6 rings (SSSR count). The zero-order valence-corrected chi connectivity index (χ0v) is 19.9. The third kappa shape index (κ3) is 4.51. The van der Waals surface area contributed by atoms with Gasteiger partial charge in [0.25, 0.3) is 5.92 Å². The van der Waals surface area contributed by atoms with Crippen molar-refractivity contribution in [2.24, 2.45) is 5.92 Å². The topological polar surface area (TPSA) is 50.1 Å². The summed E-state index contributed by atoms with van der Waals surface area (Å²) in [4.78, 5) is 8.12. The zero-order valence-electron chi connectivity index (χ0n) is 19.2. The largest absolute Gasteiger partial charge is 0.357 e. The fourth-order valence-corrected chi connectivity index (χ4v) is 5.52. The Hall–Kier alpha value is -2.65. The van der Waals surface area contributed by atoms with Crippen molar-refractivity contribution >= 4 is 17.4 Å². The predicted molar refractivity (Wildman–Crippen MR) is 127 cm³/mol. The molecule has 0 unspecified atom stereocenters. The lowest BCUT2D eigenvalue weighted by Gasteiger charge is -2.32. The Kier molecular flexibility index (Phi) is 5.72. The Morgan fingerprint density at radius 1 is 1.00 bits per heavy atom. The van der Waals surface area contributed by atoms with Gasteiger partial charge in [0.2, 0.25) is 0 Å². The lowest BCUT2D eigenvalue weighted by molar-refractivity contribution is -0.0558. The average molecular weight is 503 g/mol. The molecule has 2 aromatic heterocycles. The third-order valence-electron chi connectivity index (χ3n) is 7.30. The van der Waals surface area contributed by atoms with E-state index in [0.29, 0.717) is 36.8 Å². The van der Waals surface area contributed by atoms with Crippen LogP contribution >= 0.6 is 11.6 Å². The van der Waals surface area contributed by atoms with E-state index >= 15 is 0 Å². The highest BCUT2D eigenvalue weighted by Crippen LogP contribution is 2.44. The summed E-state index contributed by atoms with van der Waals surface area (Å²) < 4.78 is 44.7. The van der Waals surface area contributed by atoms with Crippen LogP contribution in [0.1, 0.15) is 48.8 Å². The predicted octanol–water partition coefficient (Wildman–Crippen LogP) is 5.20. The maximum atomic E-state index is 14.7. The van der Waals surface area contributed by atoms with Crippen LogP contribution in [0.2, 0.25) is 5.02 Å². The van der Waals surface area contributed by atoms with E-state index in [1.54, 1.807) is 11.0 Å². The fourth-order valence-electron chi connectivity index (χ4n) is 5.32. The molecule has 0 atom stereocenters. The van der Waals surface area contributed by atoms with Crippen molar-refractivity contribution in [1.82, 2.24) is 24.6 Å². The Morgan fingerprint density at radius 2 is 1.80 bits per heavy atom. The Balaban J connectivity index is 1.27. The van der Waals surface area contributed by atoms with Crippen LogP contribution in [0.3, 0.4) is 0 Å². The first-order chi connectivity index (χ1) is 16.9. The van der Waals surface area contributed by atoms with Gasteiger partial charge in [-0.2, -0.15) is 0 Å². The van der Waals surface area contributed by atoms with Crippen molar-refractivity contribution in [2.75, 3.05) is 24.5 Å². The van der Waals surface area contributed by atoms with Gasteiger partial charge in [0.05, 0.1) is 25.0 Å². The number of piperidine rings is 1. The lowest BCUT2D eigenvalue weighted by Crippen LogP contribution is -2.37. The van der Waals surface area contributed by atoms with Gasteiger partial charge in [0.15, 0.2) is 5.82 Å². The number of benzene rings is 1. The van der Waals surface area contributed by atoms with Crippen molar-refractivity contribution < 1.29 is 13.2 Å². The van der Waals surface area contributed by atoms with Crippen LogP contribution in [0.15, 0.2) is 36.5 Å². The van der Waals surface area contributed by atoms with Crippen LogP contribution in [0.5, 0.6) is 0 Å². The number of hydrogen-bond donors (Lipinski definition) is 0. The summed E-state index contributed by atoms with van der Waals surface area (Å²) in [7, 11) is 0. The number of anilines is 1. The minimum absolute atomic E-state index is 0.163. The standard InChI is InChI=1S/C25H26ClF3N6/c26-19-3-5-21-17(11-19)13-33(15-25(28,29)18-1-2-18)14-23-31-32-24(35(21)23)16-7-9-34(10-8-16)22-6-4-20(27)12-30-22/h3-6,11-12,16,18H,1-2,7-10,13-15H2. The van der Waals surface area contributed by atoms with Crippen LogP contribution in [-0.2, 0) is 13.1 Å². The summed E-state index contributed by atoms with van der Waals surface area (Å²) in [6.07, 6.45) is 4.10. The zero-order chi connectivity index (χ0) is 24.2. The molecule has 2 aliphatic heterocycles. The molecule has 2 fully saturated rings. The molecule has 1 saturated carbocycles. The molecule has 1 aromatic carbocycles. The van der Waals surface area contributed by atoms with Crippen molar-refractivity contribution in [3.05, 3.63) is 64.6 Å². The third-order valence-corrected chi connectivity index (χ3v) is 7.54. The normalized spacial score (nSPS) is 19.4. The Bertz CT molecular complexity index is 1220. The lowest BCUT2D eigenvalue weighted by atomic mass is 9.95. The fraction of sp³-hybridized carbons (Fsp3) is 0.480. The minimum Gasteiger partial charge on any atom is -0.357 e. The van der Waals surface area contributed by atoms with Crippen molar-refractivity contribution in [1.29, 1.82) is 0 Å². The van der Waals surface area contributed by atoms with E-state index in [9.17, 15) is 13.2 Å². The van der Waals surface area contributed by atoms with Gasteiger partial charge in [0, 0.05) is 36.5 Å². The van der Waals surface area contributed by atoms with Crippen LogP contribution in [-0.4, -0.2) is 50.2 Å². The van der Waals surface area contributed by atoms with Crippen LogP contribution < -0.4 is 4.90 Å². The Labute approximate surface area is 206 Å². The molecule has 0 bridgehead atoms. The molecule has 0 N–H and O–H groups in total. The van der Waals surface area contributed by atoms with E-state index in [1.807, 2.05) is 18.2 Å². The summed E-state index contributed by atoms with van der Waals surface area (Å²) in [5.41, 5.74) is 1.81. The second-order valence-electron chi connectivity index (χ2n) is 9.86. The number of hydrogen-bond acceptors (Lipinski definition) is 5. The number of pyridine rings is 1. The number of nitrogens with zero attached hydrogens (tertiary/aromatic N) is 6. The number of halogens is 4. The second-order valence-corrected chi connectivity index (χ2v) is 10.3. The molecule has 0 spiro atoms.